The molecule has 0 aromatic carbocycles. The Morgan fingerprint density at radius 1 is 0.451 bits per heavy atom. The van der Waals surface area contributed by atoms with E-state index >= 15 is 0 Å². The summed E-state index contributed by atoms with van der Waals surface area (Å²) in [6.45, 7) is 15.1. The monoisotopic (exact) mass is 733 g/mol. The molecule has 0 aliphatic carbocycles. The first kappa shape index (κ1) is 50.4. The van der Waals surface area contributed by atoms with Crippen molar-refractivity contribution in [3.8, 4) is 0 Å². The van der Waals surface area contributed by atoms with Crippen LogP contribution < -0.4 is 0 Å². The van der Waals surface area contributed by atoms with Crippen molar-refractivity contribution >= 4 is 14.3 Å². The van der Waals surface area contributed by atoms with Gasteiger partial charge in [-0.25, -0.2) is 4.79 Å². The average Bonchev–Trinajstić information content (AvgIpc) is 3.12. The fraction of sp³-hybridized carbons (Fsp3) is 0.938. The minimum Gasteiger partial charge on any atom is -0.516 e. The van der Waals surface area contributed by atoms with Crippen LogP contribution in [0.2, 0.25) is 18.1 Å². The molecule has 2 nitrogen and oxygen atoms in total. The Hall–Kier alpha value is -0.573. The molecule has 0 aliphatic rings. The van der Waals surface area contributed by atoms with E-state index in [4.69, 9.17) is 4.43 Å². The smallest absolute Gasteiger partial charge is 0.319 e. The summed E-state index contributed by atoms with van der Waals surface area (Å²) in [4.78, 5) is 13.1. The van der Waals surface area contributed by atoms with Crippen molar-refractivity contribution < 1.29 is 9.22 Å². The molecular formula is C48H96O2Si. The van der Waals surface area contributed by atoms with Gasteiger partial charge in [0, 0.05) is 5.57 Å². The summed E-state index contributed by atoms with van der Waals surface area (Å²) in [5.74, 6) is 0.608. The Kier molecular flexibility index (Phi) is 38.7. The second kappa shape index (κ2) is 39.1. The normalized spacial score (nSPS) is 12.4. The maximum atomic E-state index is 13.1. The third-order valence-electron chi connectivity index (χ3n) is 11.8. The van der Waals surface area contributed by atoms with Crippen molar-refractivity contribution in [1.29, 1.82) is 0 Å². The second-order valence-electron chi connectivity index (χ2n) is 17.1. The SMILES string of the molecule is C=C(C)C(=O)O[Si](CCCCCCCCCCCCCCCCCC)(CCCCCCCCCCCCCCCCCC)CC(CC)CCCC. The average molecular weight is 733 g/mol. The van der Waals surface area contributed by atoms with Gasteiger partial charge in [0.2, 0.25) is 0 Å². The van der Waals surface area contributed by atoms with Crippen molar-refractivity contribution in [2.24, 2.45) is 5.92 Å². The van der Waals surface area contributed by atoms with Crippen LogP contribution in [-0.4, -0.2) is 14.3 Å². The molecule has 0 aromatic heterocycles. The van der Waals surface area contributed by atoms with Gasteiger partial charge in [0.1, 0.15) is 0 Å². The van der Waals surface area contributed by atoms with E-state index in [2.05, 4.69) is 34.3 Å². The Balaban J connectivity index is 4.56. The van der Waals surface area contributed by atoms with Gasteiger partial charge in [0.15, 0.2) is 0 Å². The molecule has 0 amide bonds. The van der Waals surface area contributed by atoms with Crippen molar-refractivity contribution in [2.75, 3.05) is 0 Å². The van der Waals surface area contributed by atoms with Crippen LogP contribution in [0, 0.1) is 5.92 Å². The molecule has 1 unspecified atom stereocenters. The van der Waals surface area contributed by atoms with E-state index in [0.29, 0.717) is 11.5 Å². The molecule has 0 fully saturated rings. The fourth-order valence-electron chi connectivity index (χ4n) is 8.22. The number of carbonyl (C=O) groups excluding carboxylic acids is 1. The molecule has 1 atom stereocenters. The van der Waals surface area contributed by atoms with E-state index in [-0.39, 0.29) is 5.97 Å². The first-order chi connectivity index (χ1) is 24.9. The Morgan fingerprint density at radius 3 is 0.980 bits per heavy atom. The van der Waals surface area contributed by atoms with Gasteiger partial charge in [-0.3, -0.25) is 0 Å². The maximum absolute atomic E-state index is 13.1. The molecule has 0 saturated carbocycles. The zero-order chi connectivity index (χ0) is 37.5. The topological polar surface area (TPSA) is 26.3 Å². The molecule has 0 bridgehead atoms. The van der Waals surface area contributed by atoms with E-state index in [1.54, 1.807) is 0 Å². The molecule has 0 N–H and O–H groups in total. The van der Waals surface area contributed by atoms with Gasteiger partial charge in [0.25, 0.3) is 8.32 Å². The van der Waals surface area contributed by atoms with E-state index in [9.17, 15) is 4.79 Å². The third-order valence-corrected chi connectivity index (χ3v) is 16.3. The van der Waals surface area contributed by atoms with Gasteiger partial charge in [-0.1, -0.05) is 265 Å². The lowest BCUT2D eigenvalue weighted by molar-refractivity contribution is -0.131. The highest BCUT2D eigenvalue weighted by Crippen LogP contribution is 2.35. The van der Waals surface area contributed by atoms with Crippen molar-refractivity contribution in [2.45, 2.75) is 284 Å². The van der Waals surface area contributed by atoms with E-state index in [1.165, 1.54) is 249 Å². The third kappa shape index (κ3) is 33.7. The standard InChI is InChI=1S/C48H96O2Si/c1-7-11-14-16-18-20-22-24-26-28-30-32-34-36-38-40-43-51(50-48(49)46(5)6,45-47(10-4)42-13-9-3)44-41-39-37-35-33-31-29-27-25-23-21-19-17-15-12-8-2/h47H,5,7-45H2,1-4,6H3. The van der Waals surface area contributed by atoms with Crippen LogP contribution in [0.4, 0.5) is 0 Å². The number of hydrogen-bond donors (Lipinski definition) is 0. The lowest BCUT2D eigenvalue weighted by Crippen LogP contribution is -2.42. The van der Waals surface area contributed by atoms with Gasteiger partial charge in [0.05, 0.1) is 0 Å². The minimum absolute atomic E-state index is 0.0972. The summed E-state index contributed by atoms with van der Waals surface area (Å²) < 4.78 is 6.66. The molecule has 304 valence electrons. The molecule has 3 heteroatoms. The summed E-state index contributed by atoms with van der Waals surface area (Å²) in [5.41, 5.74) is 0.590. The maximum Gasteiger partial charge on any atom is 0.319 e. The molecule has 0 saturated heterocycles. The van der Waals surface area contributed by atoms with Crippen molar-refractivity contribution in [3.63, 3.8) is 0 Å². The highest BCUT2D eigenvalue weighted by molar-refractivity contribution is 6.75. The second-order valence-corrected chi connectivity index (χ2v) is 21.1. The molecule has 0 aromatic rings. The van der Waals surface area contributed by atoms with Gasteiger partial charge in [-0.15, -0.1) is 0 Å². The van der Waals surface area contributed by atoms with Gasteiger partial charge < -0.3 is 4.43 Å². The summed E-state index contributed by atoms with van der Waals surface area (Å²) in [6, 6.07) is 3.53. The Labute approximate surface area is 324 Å². The number of carbonyl (C=O) groups is 1. The van der Waals surface area contributed by atoms with E-state index in [1.807, 2.05) is 6.92 Å². The lowest BCUT2D eigenvalue weighted by atomic mass is 10.0. The summed E-state index contributed by atoms with van der Waals surface area (Å²) in [6.07, 6.45) is 49.9. The molecule has 0 aliphatic heterocycles. The highest BCUT2D eigenvalue weighted by Gasteiger charge is 2.39. The molecular weight excluding hydrogens is 637 g/mol. The van der Waals surface area contributed by atoms with Crippen LogP contribution in [0.3, 0.4) is 0 Å². The van der Waals surface area contributed by atoms with E-state index < -0.39 is 8.32 Å². The lowest BCUT2D eigenvalue weighted by Gasteiger charge is -2.34. The predicted molar refractivity (Wildman–Crippen MR) is 233 cm³/mol. The summed E-state index contributed by atoms with van der Waals surface area (Å²) >= 11 is 0. The van der Waals surface area contributed by atoms with Crippen LogP contribution in [-0.2, 0) is 9.22 Å². The summed E-state index contributed by atoms with van der Waals surface area (Å²) in [5, 5.41) is 0. The first-order valence-corrected chi connectivity index (χ1v) is 26.4. The van der Waals surface area contributed by atoms with Crippen LogP contribution in [0.1, 0.15) is 266 Å². The Bertz CT molecular complexity index is 697. The van der Waals surface area contributed by atoms with Gasteiger partial charge in [-0.05, 0) is 31.0 Å². The van der Waals surface area contributed by atoms with Crippen molar-refractivity contribution in [3.05, 3.63) is 12.2 Å². The first-order valence-electron chi connectivity index (χ1n) is 23.8. The van der Waals surface area contributed by atoms with Crippen LogP contribution in [0.15, 0.2) is 12.2 Å². The molecule has 0 heterocycles. The van der Waals surface area contributed by atoms with Crippen molar-refractivity contribution in [1.82, 2.24) is 0 Å². The minimum atomic E-state index is -2.18. The highest BCUT2D eigenvalue weighted by atomic mass is 28.4. The number of rotatable bonds is 42. The molecule has 0 spiro atoms. The quantitative estimate of drug-likeness (QED) is 0.0355. The molecule has 0 rings (SSSR count). The van der Waals surface area contributed by atoms with Crippen LogP contribution in [0.5, 0.6) is 0 Å². The number of hydrogen-bond acceptors (Lipinski definition) is 2. The molecule has 0 radical (unpaired) electrons. The number of unbranched alkanes of at least 4 members (excludes halogenated alkanes) is 31. The van der Waals surface area contributed by atoms with Gasteiger partial charge in [-0.2, -0.15) is 0 Å². The fourth-order valence-corrected chi connectivity index (χ4v) is 13.1. The molecule has 51 heavy (non-hydrogen) atoms. The summed E-state index contributed by atoms with van der Waals surface area (Å²) in [7, 11) is -2.18. The largest absolute Gasteiger partial charge is 0.516 e. The Morgan fingerprint density at radius 2 is 0.725 bits per heavy atom. The zero-order valence-corrected chi connectivity index (χ0v) is 37.2. The van der Waals surface area contributed by atoms with E-state index in [0.717, 1.165) is 0 Å². The van der Waals surface area contributed by atoms with Crippen LogP contribution >= 0.6 is 0 Å². The van der Waals surface area contributed by atoms with Crippen LogP contribution in [0.25, 0.3) is 0 Å². The van der Waals surface area contributed by atoms with Gasteiger partial charge >= 0.3 is 5.97 Å². The predicted octanol–water partition coefficient (Wildman–Crippen LogP) is 17.8. The zero-order valence-electron chi connectivity index (χ0n) is 36.2.